The lowest BCUT2D eigenvalue weighted by molar-refractivity contribution is -0.135. The molecule has 1 aliphatic rings. The van der Waals surface area contributed by atoms with Crippen LogP contribution < -0.4 is 5.73 Å². The van der Waals surface area contributed by atoms with E-state index < -0.39 is 0 Å². The van der Waals surface area contributed by atoms with Gasteiger partial charge < -0.3 is 10.6 Å². The van der Waals surface area contributed by atoms with E-state index in [1.165, 1.54) is 6.33 Å². The van der Waals surface area contributed by atoms with E-state index in [0.29, 0.717) is 38.9 Å². The van der Waals surface area contributed by atoms with Gasteiger partial charge in [-0.15, -0.1) is 0 Å². The van der Waals surface area contributed by atoms with E-state index >= 15 is 0 Å². The number of amides is 2. The van der Waals surface area contributed by atoms with Gasteiger partial charge in [-0.3, -0.25) is 14.3 Å². The molecule has 2 amide bonds. The van der Waals surface area contributed by atoms with Crippen molar-refractivity contribution in [1.29, 1.82) is 0 Å². The normalized spacial score (nSPS) is 16.8. The van der Waals surface area contributed by atoms with Crippen LogP contribution in [0, 0.1) is 5.92 Å². The zero-order chi connectivity index (χ0) is 13.0. The van der Waals surface area contributed by atoms with Crippen molar-refractivity contribution in [3.8, 4) is 0 Å². The molecular formula is C11H17N5O2. The van der Waals surface area contributed by atoms with Crippen LogP contribution in [-0.4, -0.2) is 44.6 Å². The molecule has 98 valence electrons. The highest BCUT2D eigenvalue weighted by Gasteiger charge is 2.25. The van der Waals surface area contributed by atoms with Crippen molar-refractivity contribution >= 4 is 11.8 Å². The summed E-state index contributed by atoms with van der Waals surface area (Å²) in [5.41, 5.74) is 5.25. The van der Waals surface area contributed by atoms with Crippen LogP contribution in [0.15, 0.2) is 12.7 Å². The quantitative estimate of drug-likeness (QED) is 0.772. The average molecular weight is 251 g/mol. The third-order valence-corrected chi connectivity index (χ3v) is 3.27. The zero-order valence-corrected chi connectivity index (χ0v) is 10.2. The molecule has 2 heterocycles. The molecule has 1 aromatic rings. The smallest absolute Gasteiger partial charge is 0.224 e. The highest BCUT2D eigenvalue weighted by Crippen LogP contribution is 2.17. The second kappa shape index (κ2) is 5.61. The Morgan fingerprint density at radius 1 is 1.33 bits per heavy atom. The van der Waals surface area contributed by atoms with E-state index in [1.54, 1.807) is 15.9 Å². The Morgan fingerprint density at radius 3 is 2.61 bits per heavy atom. The number of piperidine rings is 1. The second-order valence-corrected chi connectivity index (χ2v) is 4.47. The van der Waals surface area contributed by atoms with Gasteiger partial charge in [0.05, 0.1) is 6.54 Å². The molecule has 7 nitrogen and oxygen atoms in total. The van der Waals surface area contributed by atoms with Crippen LogP contribution in [0.4, 0.5) is 0 Å². The molecule has 1 aromatic heterocycles. The molecule has 0 saturated carbocycles. The van der Waals surface area contributed by atoms with Gasteiger partial charge in [-0.1, -0.05) is 0 Å². The maximum Gasteiger partial charge on any atom is 0.224 e. The van der Waals surface area contributed by atoms with E-state index in [-0.39, 0.29) is 17.7 Å². The fraction of sp³-hybridized carbons (Fsp3) is 0.636. The number of nitrogens with two attached hydrogens (primary N) is 1. The summed E-state index contributed by atoms with van der Waals surface area (Å²) in [6, 6.07) is 0. The molecule has 2 rings (SSSR count). The van der Waals surface area contributed by atoms with Crippen molar-refractivity contribution < 1.29 is 9.59 Å². The number of aromatic nitrogens is 3. The van der Waals surface area contributed by atoms with Gasteiger partial charge in [-0.2, -0.15) is 5.10 Å². The minimum absolute atomic E-state index is 0.0793. The standard InChI is InChI=1S/C11H17N5O2/c12-11(18)9-1-4-15(5-2-9)10(17)3-6-16-8-13-7-14-16/h7-9H,1-6H2,(H2,12,18). The SMILES string of the molecule is NC(=O)C1CCN(C(=O)CCn2cncn2)CC1. The van der Waals surface area contributed by atoms with Crippen molar-refractivity contribution in [2.75, 3.05) is 13.1 Å². The van der Waals surface area contributed by atoms with Crippen molar-refractivity contribution in [2.45, 2.75) is 25.8 Å². The molecular weight excluding hydrogens is 234 g/mol. The van der Waals surface area contributed by atoms with Crippen LogP contribution >= 0.6 is 0 Å². The van der Waals surface area contributed by atoms with Gasteiger partial charge in [0.1, 0.15) is 12.7 Å². The second-order valence-electron chi connectivity index (χ2n) is 4.47. The summed E-state index contributed by atoms with van der Waals surface area (Å²) in [6.07, 6.45) is 4.79. The average Bonchev–Trinajstić information content (AvgIpc) is 2.89. The van der Waals surface area contributed by atoms with Gasteiger partial charge in [-0.25, -0.2) is 4.98 Å². The van der Waals surface area contributed by atoms with E-state index in [9.17, 15) is 9.59 Å². The van der Waals surface area contributed by atoms with E-state index in [4.69, 9.17) is 5.73 Å². The lowest BCUT2D eigenvalue weighted by Crippen LogP contribution is -2.41. The number of likely N-dealkylation sites (tertiary alicyclic amines) is 1. The summed E-state index contributed by atoms with van der Waals surface area (Å²) >= 11 is 0. The third-order valence-electron chi connectivity index (χ3n) is 3.27. The number of hydrogen-bond acceptors (Lipinski definition) is 4. The van der Waals surface area contributed by atoms with Crippen LogP contribution in [0.25, 0.3) is 0 Å². The minimum Gasteiger partial charge on any atom is -0.369 e. The molecule has 0 bridgehead atoms. The topological polar surface area (TPSA) is 94.1 Å². The van der Waals surface area contributed by atoms with Crippen LogP contribution in [0.5, 0.6) is 0 Å². The molecule has 0 aromatic carbocycles. The fourth-order valence-corrected chi connectivity index (χ4v) is 2.13. The number of hydrogen-bond donors (Lipinski definition) is 1. The maximum atomic E-state index is 11.9. The maximum absolute atomic E-state index is 11.9. The number of carbonyl (C=O) groups excluding carboxylic acids is 2. The summed E-state index contributed by atoms with van der Waals surface area (Å²) in [7, 11) is 0. The molecule has 1 saturated heterocycles. The Bertz CT molecular complexity index is 409. The Hall–Kier alpha value is -1.92. The summed E-state index contributed by atoms with van der Waals surface area (Å²) in [6.45, 7) is 1.77. The van der Waals surface area contributed by atoms with Crippen molar-refractivity contribution in [3.63, 3.8) is 0 Å². The lowest BCUT2D eigenvalue weighted by atomic mass is 9.96. The van der Waals surface area contributed by atoms with Gasteiger partial charge in [0.15, 0.2) is 0 Å². The first kappa shape index (κ1) is 12.5. The first-order chi connectivity index (χ1) is 8.66. The molecule has 0 atom stereocenters. The highest BCUT2D eigenvalue weighted by atomic mass is 16.2. The lowest BCUT2D eigenvalue weighted by Gasteiger charge is -2.30. The fourth-order valence-electron chi connectivity index (χ4n) is 2.13. The number of carbonyl (C=O) groups is 2. The third kappa shape index (κ3) is 3.06. The monoisotopic (exact) mass is 251 g/mol. The molecule has 1 aliphatic heterocycles. The van der Waals surface area contributed by atoms with Gasteiger partial charge in [0, 0.05) is 25.4 Å². The Kier molecular flexibility index (Phi) is 3.91. The molecule has 1 fully saturated rings. The van der Waals surface area contributed by atoms with Crippen molar-refractivity contribution in [2.24, 2.45) is 11.7 Å². The molecule has 0 radical (unpaired) electrons. The molecule has 0 spiro atoms. The van der Waals surface area contributed by atoms with Crippen LogP contribution in [0.1, 0.15) is 19.3 Å². The summed E-state index contributed by atoms with van der Waals surface area (Å²) < 4.78 is 1.63. The van der Waals surface area contributed by atoms with Crippen molar-refractivity contribution in [3.05, 3.63) is 12.7 Å². The predicted octanol–water partition coefficient (Wildman–Crippen LogP) is -0.608. The predicted molar refractivity (Wildman–Crippen MR) is 63.1 cm³/mol. The molecule has 2 N–H and O–H groups in total. The van der Waals surface area contributed by atoms with Crippen LogP contribution in [0.2, 0.25) is 0 Å². The molecule has 18 heavy (non-hydrogen) atoms. The van der Waals surface area contributed by atoms with Crippen LogP contribution in [-0.2, 0) is 16.1 Å². The first-order valence-corrected chi connectivity index (χ1v) is 6.06. The van der Waals surface area contributed by atoms with Crippen molar-refractivity contribution in [1.82, 2.24) is 19.7 Å². The largest absolute Gasteiger partial charge is 0.369 e. The van der Waals surface area contributed by atoms with Gasteiger partial charge in [-0.05, 0) is 12.8 Å². The van der Waals surface area contributed by atoms with E-state index in [2.05, 4.69) is 10.1 Å². The Labute approximate surface area is 105 Å². The number of rotatable bonds is 4. The summed E-state index contributed by atoms with van der Waals surface area (Å²) in [5.74, 6) is -0.248. The first-order valence-electron chi connectivity index (χ1n) is 6.06. The van der Waals surface area contributed by atoms with Gasteiger partial charge in [0.2, 0.25) is 11.8 Å². The number of primary amides is 1. The molecule has 0 unspecified atom stereocenters. The Balaban J connectivity index is 1.75. The minimum atomic E-state index is -0.260. The zero-order valence-electron chi connectivity index (χ0n) is 10.2. The van der Waals surface area contributed by atoms with E-state index in [1.807, 2.05) is 0 Å². The van der Waals surface area contributed by atoms with Gasteiger partial charge in [0.25, 0.3) is 0 Å². The molecule has 0 aliphatic carbocycles. The number of nitrogens with zero attached hydrogens (tertiary/aromatic N) is 4. The van der Waals surface area contributed by atoms with E-state index in [0.717, 1.165) is 0 Å². The summed E-state index contributed by atoms with van der Waals surface area (Å²) in [4.78, 5) is 28.5. The van der Waals surface area contributed by atoms with Crippen LogP contribution in [0.3, 0.4) is 0 Å². The highest BCUT2D eigenvalue weighted by molar-refractivity contribution is 5.78. The summed E-state index contributed by atoms with van der Waals surface area (Å²) in [5, 5.41) is 3.94. The van der Waals surface area contributed by atoms with Gasteiger partial charge >= 0.3 is 0 Å². The molecule has 7 heteroatoms. The number of aryl methyl sites for hydroxylation is 1. The Morgan fingerprint density at radius 2 is 2.06 bits per heavy atom.